The summed E-state index contributed by atoms with van der Waals surface area (Å²) in [5.74, 6) is 0.498. The van der Waals surface area contributed by atoms with Gasteiger partial charge in [0.1, 0.15) is 5.02 Å². The SMILES string of the molecule is COCCN(c1nc[nH]c(=O)c1Cl)C(C)C. The lowest BCUT2D eigenvalue weighted by molar-refractivity contribution is 0.203. The quantitative estimate of drug-likeness (QED) is 0.849. The Hall–Kier alpha value is -1.07. The van der Waals surface area contributed by atoms with Crippen molar-refractivity contribution >= 4 is 17.4 Å². The van der Waals surface area contributed by atoms with E-state index in [1.165, 1.54) is 6.33 Å². The van der Waals surface area contributed by atoms with Crippen LogP contribution in [-0.4, -0.2) is 36.3 Å². The number of hydrogen-bond donors (Lipinski definition) is 1. The van der Waals surface area contributed by atoms with E-state index in [1.54, 1.807) is 7.11 Å². The predicted octanol–water partition coefficient (Wildman–Crippen LogP) is 1.28. The molecule has 0 aliphatic heterocycles. The Morgan fingerprint density at radius 2 is 2.31 bits per heavy atom. The number of aromatic nitrogens is 2. The molecule has 16 heavy (non-hydrogen) atoms. The Balaban J connectivity index is 3.01. The summed E-state index contributed by atoms with van der Waals surface area (Å²) in [6.45, 7) is 5.22. The van der Waals surface area contributed by atoms with E-state index in [4.69, 9.17) is 16.3 Å². The van der Waals surface area contributed by atoms with Gasteiger partial charge in [0.15, 0.2) is 5.82 Å². The van der Waals surface area contributed by atoms with Crippen molar-refractivity contribution in [1.29, 1.82) is 0 Å². The standard InChI is InChI=1S/C10H16ClN3O2/c1-7(2)14(4-5-16-3)9-8(11)10(15)13-6-12-9/h6-7H,4-5H2,1-3H3,(H,12,13,15). The molecule has 0 aliphatic carbocycles. The second kappa shape index (κ2) is 5.86. The van der Waals surface area contributed by atoms with E-state index in [0.29, 0.717) is 19.0 Å². The van der Waals surface area contributed by atoms with Gasteiger partial charge in [0, 0.05) is 19.7 Å². The molecule has 0 aliphatic rings. The van der Waals surface area contributed by atoms with Crippen LogP contribution in [0.5, 0.6) is 0 Å². The minimum absolute atomic E-state index is 0.118. The Bertz CT molecular complexity index is 392. The van der Waals surface area contributed by atoms with E-state index in [1.807, 2.05) is 18.7 Å². The second-order valence-corrected chi connectivity index (χ2v) is 4.03. The van der Waals surface area contributed by atoms with Crippen LogP contribution in [0.15, 0.2) is 11.1 Å². The maximum Gasteiger partial charge on any atom is 0.271 e. The smallest absolute Gasteiger partial charge is 0.271 e. The van der Waals surface area contributed by atoms with Gasteiger partial charge in [-0.2, -0.15) is 0 Å². The molecular weight excluding hydrogens is 230 g/mol. The van der Waals surface area contributed by atoms with Crippen molar-refractivity contribution in [1.82, 2.24) is 9.97 Å². The summed E-state index contributed by atoms with van der Waals surface area (Å²) >= 11 is 5.92. The van der Waals surface area contributed by atoms with E-state index >= 15 is 0 Å². The molecule has 0 radical (unpaired) electrons. The number of anilines is 1. The number of nitrogens with zero attached hydrogens (tertiary/aromatic N) is 2. The Kier molecular flexibility index (Phi) is 4.76. The molecule has 0 bridgehead atoms. The first-order chi connectivity index (χ1) is 7.57. The first-order valence-corrected chi connectivity index (χ1v) is 5.44. The highest BCUT2D eigenvalue weighted by atomic mass is 35.5. The van der Waals surface area contributed by atoms with Crippen LogP contribution in [0.3, 0.4) is 0 Å². The van der Waals surface area contributed by atoms with Gasteiger partial charge in [0.2, 0.25) is 0 Å². The molecule has 0 fully saturated rings. The number of aromatic amines is 1. The van der Waals surface area contributed by atoms with Crippen molar-refractivity contribution < 1.29 is 4.74 Å². The van der Waals surface area contributed by atoms with Crippen LogP contribution >= 0.6 is 11.6 Å². The van der Waals surface area contributed by atoms with Crippen LogP contribution in [-0.2, 0) is 4.74 Å². The number of methoxy groups -OCH3 is 1. The molecule has 0 amide bonds. The van der Waals surface area contributed by atoms with Crippen molar-refractivity contribution in [2.45, 2.75) is 19.9 Å². The topological polar surface area (TPSA) is 58.2 Å². The average molecular weight is 246 g/mol. The fraction of sp³-hybridized carbons (Fsp3) is 0.600. The minimum atomic E-state index is -0.324. The number of halogens is 1. The fourth-order valence-corrected chi connectivity index (χ4v) is 1.58. The third kappa shape index (κ3) is 2.96. The van der Waals surface area contributed by atoms with E-state index in [2.05, 4.69) is 9.97 Å². The molecule has 6 heteroatoms. The van der Waals surface area contributed by atoms with Gasteiger partial charge in [-0.15, -0.1) is 0 Å². The molecule has 5 nitrogen and oxygen atoms in total. The second-order valence-electron chi connectivity index (χ2n) is 3.65. The maximum absolute atomic E-state index is 11.4. The molecule has 1 aromatic heterocycles. The zero-order valence-electron chi connectivity index (χ0n) is 9.66. The zero-order chi connectivity index (χ0) is 12.1. The summed E-state index contributed by atoms with van der Waals surface area (Å²) in [6.07, 6.45) is 1.35. The number of ether oxygens (including phenoxy) is 1. The van der Waals surface area contributed by atoms with Crippen molar-refractivity contribution in [2.75, 3.05) is 25.2 Å². The molecule has 90 valence electrons. The Labute approximate surface area is 99.4 Å². The number of rotatable bonds is 5. The third-order valence-electron chi connectivity index (χ3n) is 2.21. The van der Waals surface area contributed by atoms with Gasteiger partial charge < -0.3 is 14.6 Å². The van der Waals surface area contributed by atoms with Crippen LogP contribution in [0, 0.1) is 0 Å². The molecule has 1 N–H and O–H groups in total. The van der Waals surface area contributed by atoms with Crippen LogP contribution in [0.1, 0.15) is 13.8 Å². The molecule has 0 saturated carbocycles. The lowest BCUT2D eigenvalue weighted by Crippen LogP contribution is -2.35. The molecule has 0 aromatic carbocycles. The first-order valence-electron chi connectivity index (χ1n) is 5.06. The zero-order valence-corrected chi connectivity index (χ0v) is 10.4. The van der Waals surface area contributed by atoms with Crippen LogP contribution < -0.4 is 10.5 Å². The van der Waals surface area contributed by atoms with Crippen LogP contribution in [0.25, 0.3) is 0 Å². The summed E-state index contributed by atoms with van der Waals surface area (Å²) in [6, 6.07) is 0.196. The monoisotopic (exact) mass is 245 g/mol. The Morgan fingerprint density at radius 3 is 2.88 bits per heavy atom. The largest absolute Gasteiger partial charge is 0.383 e. The molecule has 0 unspecified atom stereocenters. The number of hydrogen-bond acceptors (Lipinski definition) is 4. The first kappa shape index (κ1) is 13.0. The lowest BCUT2D eigenvalue weighted by Gasteiger charge is -2.27. The lowest BCUT2D eigenvalue weighted by atomic mass is 10.3. The van der Waals surface area contributed by atoms with Crippen molar-refractivity contribution in [2.24, 2.45) is 0 Å². The number of H-pyrrole nitrogens is 1. The number of nitrogens with one attached hydrogen (secondary N) is 1. The summed E-state index contributed by atoms with van der Waals surface area (Å²) in [4.78, 5) is 19.8. The summed E-state index contributed by atoms with van der Waals surface area (Å²) in [7, 11) is 1.63. The predicted molar refractivity (Wildman–Crippen MR) is 64.2 cm³/mol. The van der Waals surface area contributed by atoms with E-state index in [9.17, 15) is 4.79 Å². The molecule has 1 aromatic rings. The van der Waals surface area contributed by atoms with E-state index in [-0.39, 0.29) is 16.6 Å². The highest BCUT2D eigenvalue weighted by Crippen LogP contribution is 2.20. The van der Waals surface area contributed by atoms with Gasteiger partial charge in [-0.05, 0) is 13.8 Å². The molecule has 1 rings (SSSR count). The van der Waals surface area contributed by atoms with Crippen molar-refractivity contribution in [3.63, 3.8) is 0 Å². The van der Waals surface area contributed by atoms with Gasteiger partial charge in [-0.3, -0.25) is 4.79 Å². The summed E-state index contributed by atoms with van der Waals surface area (Å²) in [5.41, 5.74) is -0.324. The molecular formula is C10H16ClN3O2. The normalized spacial score (nSPS) is 10.8. The Morgan fingerprint density at radius 1 is 1.62 bits per heavy atom. The molecule has 1 heterocycles. The maximum atomic E-state index is 11.4. The van der Waals surface area contributed by atoms with Gasteiger partial charge in [0.25, 0.3) is 5.56 Å². The van der Waals surface area contributed by atoms with Crippen molar-refractivity contribution in [3.05, 3.63) is 21.7 Å². The molecule has 0 atom stereocenters. The third-order valence-corrected chi connectivity index (χ3v) is 2.55. The van der Waals surface area contributed by atoms with Crippen LogP contribution in [0.2, 0.25) is 5.02 Å². The minimum Gasteiger partial charge on any atom is -0.383 e. The van der Waals surface area contributed by atoms with E-state index in [0.717, 1.165) is 0 Å². The van der Waals surface area contributed by atoms with Crippen LogP contribution in [0.4, 0.5) is 5.82 Å². The highest BCUT2D eigenvalue weighted by Gasteiger charge is 2.16. The van der Waals surface area contributed by atoms with Crippen molar-refractivity contribution in [3.8, 4) is 0 Å². The average Bonchev–Trinajstić information content (AvgIpc) is 2.24. The summed E-state index contributed by atoms with van der Waals surface area (Å²) in [5, 5.41) is 0.118. The van der Waals surface area contributed by atoms with Gasteiger partial charge in [0.05, 0.1) is 12.9 Å². The van der Waals surface area contributed by atoms with Gasteiger partial charge in [-0.1, -0.05) is 11.6 Å². The van der Waals surface area contributed by atoms with Gasteiger partial charge in [-0.25, -0.2) is 4.98 Å². The van der Waals surface area contributed by atoms with Gasteiger partial charge >= 0.3 is 0 Å². The fourth-order valence-electron chi connectivity index (χ4n) is 1.37. The molecule has 0 spiro atoms. The molecule has 0 saturated heterocycles. The highest BCUT2D eigenvalue weighted by molar-refractivity contribution is 6.32. The van der Waals surface area contributed by atoms with E-state index < -0.39 is 0 Å². The summed E-state index contributed by atoms with van der Waals surface area (Å²) < 4.78 is 5.02.